The number of aromatic nitrogens is 3. The SMILES string of the molecule is CO[C@H]1CN(C(=O)NCc2nc(N(C)C)n[nH]2)C[C@H]1OC. The lowest BCUT2D eigenvalue weighted by molar-refractivity contribution is -0.00461. The molecular formula is C12H22N6O3. The van der Waals surface area contributed by atoms with Crippen molar-refractivity contribution in [2.24, 2.45) is 0 Å². The number of hydrogen-bond acceptors (Lipinski definition) is 6. The van der Waals surface area contributed by atoms with Crippen LogP contribution in [0.1, 0.15) is 5.82 Å². The molecule has 0 saturated carbocycles. The predicted molar refractivity (Wildman–Crippen MR) is 76.1 cm³/mol. The van der Waals surface area contributed by atoms with Crippen LogP contribution in [0.4, 0.5) is 10.7 Å². The molecule has 0 aliphatic carbocycles. The van der Waals surface area contributed by atoms with Crippen molar-refractivity contribution in [1.29, 1.82) is 0 Å². The Bertz CT molecular complexity index is 465. The minimum atomic E-state index is -0.167. The minimum absolute atomic E-state index is 0.0913. The standard InChI is InChI=1S/C12H22N6O3/c1-17(2)11-14-10(15-16-11)5-13-12(19)18-6-8(20-3)9(7-18)21-4/h8-9H,5-7H2,1-4H3,(H,13,19)(H,14,15,16)/t8-,9+. The van der Waals surface area contributed by atoms with E-state index in [9.17, 15) is 4.79 Å². The van der Waals surface area contributed by atoms with Gasteiger partial charge >= 0.3 is 6.03 Å². The highest BCUT2D eigenvalue weighted by Crippen LogP contribution is 2.15. The first-order valence-electron chi connectivity index (χ1n) is 6.72. The Morgan fingerprint density at radius 3 is 2.48 bits per heavy atom. The highest BCUT2D eigenvalue weighted by atomic mass is 16.5. The number of carbonyl (C=O) groups excluding carboxylic acids is 1. The number of urea groups is 1. The third-order valence-electron chi connectivity index (χ3n) is 3.44. The number of H-pyrrole nitrogens is 1. The van der Waals surface area contributed by atoms with Gasteiger partial charge < -0.3 is 24.6 Å². The number of likely N-dealkylation sites (tertiary alicyclic amines) is 1. The van der Waals surface area contributed by atoms with E-state index in [2.05, 4.69) is 20.5 Å². The summed E-state index contributed by atoms with van der Waals surface area (Å²) in [6.45, 7) is 1.33. The zero-order chi connectivity index (χ0) is 15.4. The van der Waals surface area contributed by atoms with Crippen LogP contribution in [0.2, 0.25) is 0 Å². The van der Waals surface area contributed by atoms with Gasteiger partial charge in [0.25, 0.3) is 0 Å². The molecule has 9 nitrogen and oxygen atoms in total. The van der Waals surface area contributed by atoms with Gasteiger partial charge in [0.15, 0.2) is 0 Å². The molecule has 1 fully saturated rings. The van der Waals surface area contributed by atoms with E-state index in [0.29, 0.717) is 31.4 Å². The van der Waals surface area contributed by atoms with Crippen molar-refractivity contribution in [2.45, 2.75) is 18.8 Å². The first-order valence-corrected chi connectivity index (χ1v) is 6.72. The number of aromatic amines is 1. The number of ether oxygens (including phenoxy) is 2. The second-order valence-corrected chi connectivity index (χ2v) is 5.09. The maximum atomic E-state index is 12.1. The molecule has 118 valence electrons. The fraction of sp³-hybridized carbons (Fsp3) is 0.750. The monoisotopic (exact) mass is 298 g/mol. The van der Waals surface area contributed by atoms with Gasteiger partial charge in [0, 0.05) is 28.3 Å². The molecule has 2 atom stereocenters. The summed E-state index contributed by atoms with van der Waals surface area (Å²) in [5.41, 5.74) is 0. The van der Waals surface area contributed by atoms with Crippen LogP contribution in [-0.2, 0) is 16.0 Å². The summed E-state index contributed by atoms with van der Waals surface area (Å²) in [5.74, 6) is 1.19. The molecule has 9 heteroatoms. The lowest BCUT2D eigenvalue weighted by Gasteiger charge is -2.16. The van der Waals surface area contributed by atoms with Crippen molar-refractivity contribution in [1.82, 2.24) is 25.4 Å². The minimum Gasteiger partial charge on any atom is -0.377 e. The molecule has 1 aromatic rings. The molecular weight excluding hydrogens is 276 g/mol. The highest BCUT2D eigenvalue weighted by molar-refractivity contribution is 5.74. The van der Waals surface area contributed by atoms with Crippen molar-refractivity contribution in [2.75, 3.05) is 46.3 Å². The molecule has 0 unspecified atom stereocenters. The van der Waals surface area contributed by atoms with Crippen LogP contribution in [0, 0.1) is 0 Å². The van der Waals surface area contributed by atoms with Crippen molar-refractivity contribution in [3.05, 3.63) is 5.82 Å². The summed E-state index contributed by atoms with van der Waals surface area (Å²) in [4.78, 5) is 19.8. The molecule has 0 bridgehead atoms. The molecule has 0 radical (unpaired) electrons. The number of nitrogens with zero attached hydrogens (tertiary/aromatic N) is 4. The summed E-state index contributed by atoms with van der Waals surface area (Å²) >= 11 is 0. The van der Waals surface area contributed by atoms with Crippen molar-refractivity contribution in [3.8, 4) is 0 Å². The average molecular weight is 298 g/mol. The second-order valence-electron chi connectivity index (χ2n) is 5.09. The molecule has 2 N–H and O–H groups in total. The van der Waals surface area contributed by atoms with Crippen molar-refractivity contribution in [3.63, 3.8) is 0 Å². The van der Waals surface area contributed by atoms with E-state index >= 15 is 0 Å². The lowest BCUT2D eigenvalue weighted by Crippen LogP contribution is -2.39. The van der Waals surface area contributed by atoms with Crippen LogP contribution in [0.5, 0.6) is 0 Å². The number of anilines is 1. The number of rotatable bonds is 5. The molecule has 2 heterocycles. The zero-order valence-electron chi connectivity index (χ0n) is 12.8. The molecule has 0 spiro atoms. The Labute approximate surface area is 123 Å². The Morgan fingerprint density at radius 2 is 2.00 bits per heavy atom. The fourth-order valence-electron chi connectivity index (χ4n) is 2.20. The van der Waals surface area contributed by atoms with Crippen LogP contribution in [-0.4, -0.2) is 79.7 Å². The summed E-state index contributed by atoms with van der Waals surface area (Å²) in [6, 6.07) is -0.167. The van der Waals surface area contributed by atoms with Gasteiger partial charge in [0.2, 0.25) is 5.95 Å². The Kier molecular flexibility index (Phi) is 4.97. The quantitative estimate of drug-likeness (QED) is 0.755. The van der Waals surface area contributed by atoms with E-state index in [-0.39, 0.29) is 18.2 Å². The van der Waals surface area contributed by atoms with Crippen LogP contribution in [0.25, 0.3) is 0 Å². The van der Waals surface area contributed by atoms with Gasteiger partial charge in [-0.3, -0.25) is 5.10 Å². The Morgan fingerprint density at radius 1 is 1.38 bits per heavy atom. The van der Waals surface area contributed by atoms with Crippen LogP contribution >= 0.6 is 0 Å². The predicted octanol–water partition coefficient (Wildman–Crippen LogP) is -0.574. The van der Waals surface area contributed by atoms with E-state index in [0.717, 1.165) is 0 Å². The van der Waals surface area contributed by atoms with Crippen LogP contribution in [0.3, 0.4) is 0 Å². The molecule has 2 amide bonds. The summed E-state index contributed by atoms with van der Waals surface area (Å²) in [7, 11) is 6.95. The van der Waals surface area contributed by atoms with E-state index in [1.807, 2.05) is 14.1 Å². The van der Waals surface area contributed by atoms with E-state index in [4.69, 9.17) is 9.47 Å². The first-order chi connectivity index (χ1) is 10.0. The summed E-state index contributed by atoms with van der Waals surface area (Å²) in [5, 5.41) is 9.62. The van der Waals surface area contributed by atoms with Gasteiger partial charge in [-0.1, -0.05) is 0 Å². The molecule has 1 saturated heterocycles. The number of carbonyl (C=O) groups is 1. The van der Waals surface area contributed by atoms with Crippen LogP contribution in [0.15, 0.2) is 0 Å². The van der Waals surface area contributed by atoms with Crippen LogP contribution < -0.4 is 10.2 Å². The first kappa shape index (κ1) is 15.5. The third-order valence-corrected chi connectivity index (χ3v) is 3.44. The average Bonchev–Trinajstić information content (AvgIpc) is 3.10. The number of methoxy groups -OCH3 is 2. The molecule has 1 aliphatic rings. The van der Waals surface area contributed by atoms with Gasteiger partial charge in [-0.05, 0) is 0 Å². The molecule has 0 aromatic carbocycles. The summed E-state index contributed by atoms with van der Waals surface area (Å²) in [6.07, 6.45) is -0.183. The van der Waals surface area contributed by atoms with Gasteiger partial charge in [-0.25, -0.2) is 4.79 Å². The zero-order valence-corrected chi connectivity index (χ0v) is 12.8. The number of nitrogens with one attached hydrogen (secondary N) is 2. The Hall–Kier alpha value is -1.87. The fourth-order valence-corrected chi connectivity index (χ4v) is 2.20. The molecule has 1 aliphatic heterocycles. The largest absolute Gasteiger partial charge is 0.377 e. The maximum absolute atomic E-state index is 12.1. The summed E-state index contributed by atoms with van der Waals surface area (Å²) < 4.78 is 10.6. The second kappa shape index (κ2) is 6.72. The molecule has 21 heavy (non-hydrogen) atoms. The number of amides is 2. The topological polar surface area (TPSA) is 95.6 Å². The third kappa shape index (κ3) is 3.61. The van der Waals surface area contributed by atoms with Gasteiger partial charge in [0.05, 0.1) is 19.6 Å². The lowest BCUT2D eigenvalue weighted by atomic mass is 10.3. The van der Waals surface area contributed by atoms with E-state index in [1.54, 1.807) is 24.0 Å². The Balaban J connectivity index is 1.84. The molecule has 2 rings (SSSR count). The highest BCUT2D eigenvalue weighted by Gasteiger charge is 2.35. The van der Waals surface area contributed by atoms with Crippen molar-refractivity contribution < 1.29 is 14.3 Å². The van der Waals surface area contributed by atoms with Gasteiger partial charge in [-0.15, -0.1) is 5.10 Å². The smallest absolute Gasteiger partial charge is 0.317 e. The van der Waals surface area contributed by atoms with E-state index in [1.165, 1.54) is 0 Å². The maximum Gasteiger partial charge on any atom is 0.317 e. The van der Waals surface area contributed by atoms with Gasteiger partial charge in [-0.2, -0.15) is 4.98 Å². The normalized spacial score (nSPS) is 21.6. The van der Waals surface area contributed by atoms with E-state index < -0.39 is 0 Å². The number of hydrogen-bond donors (Lipinski definition) is 2. The van der Waals surface area contributed by atoms with Crippen molar-refractivity contribution >= 4 is 12.0 Å². The van der Waals surface area contributed by atoms with Gasteiger partial charge in [0.1, 0.15) is 18.0 Å². The molecule has 1 aromatic heterocycles.